The van der Waals surface area contributed by atoms with Gasteiger partial charge in [-0.25, -0.2) is 14.4 Å². The first-order valence-electron chi connectivity index (χ1n) is 8.62. The zero-order valence-electron chi connectivity index (χ0n) is 15.5. The molecule has 0 radical (unpaired) electrons. The average Bonchev–Trinajstić information content (AvgIpc) is 3.10. The van der Waals surface area contributed by atoms with Gasteiger partial charge in [0.25, 0.3) is 11.8 Å². The van der Waals surface area contributed by atoms with E-state index in [0.717, 1.165) is 0 Å². The van der Waals surface area contributed by atoms with Crippen molar-refractivity contribution in [1.82, 2.24) is 20.0 Å². The molecule has 146 valence electrons. The van der Waals surface area contributed by atoms with Crippen LogP contribution < -0.4 is 10.5 Å². The fourth-order valence-electron chi connectivity index (χ4n) is 3.16. The molecule has 1 aromatic carbocycles. The highest BCUT2D eigenvalue weighted by molar-refractivity contribution is 5.95. The monoisotopic (exact) mass is 394 g/mol. The van der Waals surface area contributed by atoms with Gasteiger partial charge < -0.3 is 19.9 Å². The highest BCUT2D eigenvalue weighted by Gasteiger charge is 2.27. The summed E-state index contributed by atoms with van der Waals surface area (Å²) in [5, 5.41) is 13.3. The molecule has 2 bridgehead atoms. The van der Waals surface area contributed by atoms with Crippen molar-refractivity contribution in [2.75, 3.05) is 12.8 Å². The molecule has 0 spiro atoms. The Hall–Kier alpha value is -4.00. The third-order valence-electron chi connectivity index (χ3n) is 4.59. The maximum absolute atomic E-state index is 13.9. The predicted molar refractivity (Wildman–Crippen MR) is 97.9 cm³/mol. The van der Waals surface area contributed by atoms with Crippen molar-refractivity contribution in [1.29, 1.82) is 5.26 Å². The Bertz CT molecular complexity index is 1170. The number of anilines is 1. The Kier molecular flexibility index (Phi) is 4.35. The maximum Gasteiger partial charge on any atom is 0.258 e. The van der Waals surface area contributed by atoms with Gasteiger partial charge in [0.1, 0.15) is 23.7 Å². The number of carbonyl (C=O) groups excluding carboxylic acids is 1. The normalized spacial score (nSPS) is 16.0. The lowest BCUT2D eigenvalue weighted by atomic mass is 10.0. The Morgan fingerprint density at radius 2 is 2.21 bits per heavy atom. The van der Waals surface area contributed by atoms with Crippen molar-refractivity contribution in [3.05, 3.63) is 52.8 Å². The summed E-state index contributed by atoms with van der Waals surface area (Å²) in [6.07, 6.45) is 0.618. The molecule has 0 fully saturated rings. The fourth-order valence-corrected chi connectivity index (χ4v) is 3.16. The van der Waals surface area contributed by atoms with Crippen molar-refractivity contribution < 1.29 is 18.4 Å². The van der Waals surface area contributed by atoms with E-state index in [1.807, 2.05) is 6.07 Å². The van der Waals surface area contributed by atoms with Crippen LogP contribution in [-0.2, 0) is 6.54 Å². The molecular formula is C19H15FN6O3. The molecule has 1 aliphatic heterocycles. The summed E-state index contributed by atoms with van der Waals surface area (Å²) in [7, 11) is 1.57. The topological polar surface area (TPSA) is 131 Å². The van der Waals surface area contributed by atoms with E-state index in [2.05, 4.69) is 15.1 Å². The van der Waals surface area contributed by atoms with E-state index >= 15 is 0 Å². The third-order valence-corrected chi connectivity index (χ3v) is 4.59. The standard InChI is InChI=1S/C19H15FN6O3/c1-9-12-5-10(20)3-4-11(12)19(27)26(2)8-14-16(15(6-21)29-25-14)13-7-23-17(22)18(24-13)28-9/h3-5,7,9H,8H2,1-2H3,(H2,22,23)/t9-/m1/s1. The number of rotatable bonds is 0. The molecule has 2 N–H and O–H groups in total. The van der Waals surface area contributed by atoms with Crippen molar-refractivity contribution in [2.45, 2.75) is 19.6 Å². The van der Waals surface area contributed by atoms with E-state index in [-0.39, 0.29) is 41.2 Å². The number of benzene rings is 1. The van der Waals surface area contributed by atoms with Crippen molar-refractivity contribution >= 4 is 11.7 Å². The van der Waals surface area contributed by atoms with Crippen molar-refractivity contribution in [3.8, 4) is 23.2 Å². The van der Waals surface area contributed by atoms with Gasteiger partial charge in [0, 0.05) is 18.2 Å². The number of nitrogen functional groups attached to an aromatic ring is 1. The van der Waals surface area contributed by atoms with Gasteiger partial charge in [-0.15, -0.1) is 0 Å². The zero-order chi connectivity index (χ0) is 20.7. The van der Waals surface area contributed by atoms with Gasteiger partial charge in [-0.3, -0.25) is 4.79 Å². The number of hydrogen-bond donors (Lipinski definition) is 1. The second kappa shape index (κ2) is 6.87. The molecule has 1 amide bonds. The van der Waals surface area contributed by atoms with Crippen molar-refractivity contribution in [2.24, 2.45) is 0 Å². The van der Waals surface area contributed by atoms with Crippen LogP contribution in [0.2, 0.25) is 0 Å². The second-order valence-electron chi connectivity index (χ2n) is 6.54. The molecular weight excluding hydrogens is 379 g/mol. The van der Waals surface area contributed by atoms with E-state index in [1.165, 1.54) is 29.3 Å². The lowest BCUT2D eigenvalue weighted by molar-refractivity contribution is 0.0777. The average molecular weight is 394 g/mol. The Morgan fingerprint density at radius 3 is 2.97 bits per heavy atom. The van der Waals surface area contributed by atoms with Gasteiger partial charge in [-0.2, -0.15) is 5.26 Å². The summed E-state index contributed by atoms with van der Waals surface area (Å²) in [6, 6.07) is 5.75. The number of carbonyl (C=O) groups is 1. The number of ether oxygens (including phenoxy) is 1. The molecule has 2 aromatic heterocycles. The number of halogens is 1. The van der Waals surface area contributed by atoms with Crippen LogP contribution in [0.25, 0.3) is 11.3 Å². The number of amides is 1. The summed E-state index contributed by atoms with van der Waals surface area (Å²) in [5.41, 5.74) is 7.37. The second-order valence-corrected chi connectivity index (χ2v) is 6.54. The maximum atomic E-state index is 13.9. The molecule has 3 aromatic rings. The molecule has 29 heavy (non-hydrogen) atoms. The van der Waals surface area contributed by atoms with Crippen LogP contribution in [-0.4, -0.2) is 33.0 Å². The van der Waals surface area contributed by atoms with Gasteiger partial charge in [-0.1, -0.05) is 5.16 Å². The van der Waals surface area contributed by atoms with Crippen LogP contribution in [0, 0.1) is 17.1 Å². The first-order valence-corrected chi connectivity index (χ1v) is 8.62. The van der Waals surface area contributed by atoms with Crippen LogP contribution in [0.3, 0.4) is 0 Å². The molecule has 0 saturated carbocycles. The van der Waals surface area contributed by atoms with Gasteiger partial charge in [0.15, 0.2) is 5.82 Å². The van der Waals surface area contributed by atoms with Crippen LogP contribution in [0.1, 0.15) is 40.4 Å². The Balaban J connectivity index is 1.96. The number of nitrogens with zero attached hydrogens (tertiary/aromatic N) is 5. The molecule has 3 heterocycles. The first kappa shape index (κ1) is 18.4. The minimum absolute atomic E-state index is 0.00979. The van der Waals surface area contributed by atoms with Gasteiger partial charge in [0.2, 0.25) is 5.76 Å². The number of nitriles is 1. The van der Waals surface area contributed by atoms with Crippen LogP contribution in [0.15, 0.2) is 28.9 Å². The lowest BCUT2D eigenvalue weighted by Crippen LogP contribution is -2.28. The lowest BCUT2D eigenvalue weighted by Gasteiger charge is -2.23. The number of aromatic nitrogens is 3. The molecule has 0 saturated heterocycles. The number of fused-ring (bicyclic) bond motifs is 5. The highest BCUT2D eigenvalue weighted by atomic mass is 19.1. The largest absolute Gasteiger partial charge is 0.467 e. The molecule has 4 rings (SSSR count). The van der Waals surface area contributed by atoms with E-state index in [1.54, 1.807) is 14.0 Å². The summed E-state index contributed by atoms with van der Waals surface area (Å²) in [6.45, 7) is 1.68. The smallest absolute Gasteiger partial charge is 0.258 e. The molecule has 10 heteroatoms. The minimum atomic E-state index is -0.748. The number of nitrogens with two attached hydrogens (primary N) is 1. The molecule has 1 aliphatic rings. The SMILES string of the molecule is C[C@H]1Oc2nc(cnc2N)-c2c(noc2C#N)CN(C)C(=O)c2ccc(F)cc21. The van der Waals surface area contributed by atoms with Gasteiger partial charge in [0.05, 0.1) is 24.0 Å². The molecule has 9 nitrogen and oxygen atoms in total. The summed E-state index contributed by atoms with van der Waals surface area (Å²) < 4.78 is 24.8. The third kappa shape index (κ3) is 3.12. The summed E-state index contributed by atoms with van der Waals surface area (Å²) in [4.78, 5) is 22.9. The number of hydrogen-bond acceptors (Lipinski definition) is 8. The summed E-state index contributed by atoms with van der Waals surface area (Å²) in [5.74, 6) is -0.949. The molecule has 0 aliphatic carbocycles. The van der Waals surface area contributed by atoms with Crippen LogP contribution >= 0.6 is 0 Å². The van der Waals surface area contributed by atoms with E-state index in [4.69, 9.17) is 15.0 Å². The molecule has 1 atom stereocenters. The Morgan fingerprint density at radius 1 is 1.41 bits per heavy atom. The van der Waals surface area contributed by atoms with E-state index in [0.29, 0.717) is 16.8 Å². The van der Waals surface area contributed by atoms with Gasteiger partial charge in [-0.05, 0) is 25.1 Å². The van der Waals surface area contributed by atoms with Gasteiger partial charge >= 0.3 is 0 Å². The van der Waals surface area contributed by atoms with E-state index < -0.39 is 11.9 Å². The zero-order valence-corrected chi connectivity index (χ0v) is 15.5. The van der Waals surface area contributed by atoms with E-state index in [9.17, 15) is 14.4 Å². The summed E-state index contributed by atoms with van der Waals surface area (Å²) >= 11 is 0. The predicted octanol–water partition coefficient (Wildman–Crippen LogP) is 2.45. The van der Waals surface area contributed by atoms with Crippen LogP contribution in [0.4, 0.5) is 10.2 Å². The Labute approximate surface area is 164 Å². The van der Waals surface area contributed by atoms with Crippen LogP contribution in [0.5, 0.6) is 5.88 Å². The molecule has 0 unspecified atom stereocenters. The quantitative estimate of drug-likeness (QED) is 0.615. The highest BCUT2D eigenvalue weighted by Crippen LogP contribution is 2.33. The fraction of sp³-hybridized carbons (Fsp3) is 0.211. The minimum Gasteiger partial charge on any atom is -0.467 e. The van der Waals surface area contributed by atoms with Crippen molar-refractivity contribution in [3.63, 3.8) is 0 Å². The first-order chi connectivity index (χ1) is 13.9.